The molecule has 0 aliphatic heterocycles. The van der Waals surface area contributed by atoms with Gasteiger partial charge >= 0.3 is 5.97 Å². The molecule has 16 heavy (non-hydrogen) atoms. The first-order chi connectivity index (χ1) is 7.69. The number of hydrogen-bond donors (Lipinski definition) is 1. The van der Waals surface area contributed by atoms with Crippen molar-refractivity contribution in [3.63, 3.8) is 0 Å². The normalized spacial score (nSPS) is 11.9. The third-order valence-corrected chi connectivity index (χ3v) is 2.22. The predicted octanol–water partition coefficient (Wildman–Crippen LogP) is 1.13. The Labute approximate surface area is 95.3 Å². The summed E-state index contributed by atoms with van der Waals surface area (Å²) in [6.45, 7) is 2.10. The summed E-state index contributed by atoms with van der Waals surface area (Å²) in [5.74, 6) is 0.357. The summed E-state index contributed by atoms with van der Waals surface area (Å²) < 4.78 is 10.0. The highest BCUT2D eigenvalue weighted by Crippen LogP contribution is 2.18. The molecule has 0 saturated carbocycles. The molecule has 0 amide bonds. The maximum absolute atomic E-state index is 11.4. The van der Waals surface area contributed by atoms with E-state index in [0.717, 1.165) is 11.3 Å². The molecule has 88 valence electrons. The highest BCUT2D eigenvalue weighted by molar-refractivity contribution is 5.76. The average molecular weight is 223 g/mol. The van der Waals surface area contributed by atoms with Crippen LogP contribution in [0.3, 0.4) is 0 Å². The summed E-state index contributed by atoms with van der Waals surface area (Å²) in [4.78, 5) is 11.4. The number of ether oxygens (including phenoxy) is 2. The third kappa shape index (κ3) is 3.24. The number of carbonyl (C=O) groups excluding carboxylic acids is 1. The fraction of sp³-hybridized carbons (Fsp3) is 0.417. The van der Waals surface area contributed by atoms with Crippen molar-refractivity contribution in [2.45, 2.75) is 19.4 Å². The van der Waals surface area contributed by atoms with Gasteiger partial charge in [-0.25, -0.2) is 0 Å². The van der Waals surface area contributed by atoms with Crippen LogP contribution in [-0.4, -0.2) is 25.7 Å². The van der Waals surface area contributed by atoms with E-state index in [4.69, 9.17) is 15.2 Å². The molecule has 1 unspecified atom stereocenters. The largest absolute Gasteiger partial charge is 0.496 e. The first kappa shape index (κ1) is 12.5. The van der Waals surface area contributed by atoms with Gasteiger partial charge in [-0.2, -0.15) is 0 Å². The SMILES string of the molecule is CCOC(=O)C(N)Cc1ccccc1OC. The lowest BCUT2D eigenvalue weighted by Gasteiger charge is -2.12. The molecule has 1 aromatic carbocycles. The Morgan fingerprint density at radius 2 is 2.12 bits per heavy atom. The minimum atomic E-state index is -0.642. The second kappa shape index (κ2) is 6.12. The van der Waals surface area contributed by atoms with Crippen molar-refractivity contribution in [1.82, 2.24) is 0 Å². The molecule has 0 heterocycles. The third-order valence-electron chi connectivity index (χ3n) is 2.22. The number of para-hydroxylation sites is 1. The number of methoxy groups -OCH3 is 1. The number of rotatable bonds is 5. The summed E-state index contributed by atoms with van der Waals surface area (Å²) in [6, 6.07) is 6.84. The summed E-state index contributed by atoms with van der Waals surface area (Å²) in [6.07, 6.45) is 0.419. The van der Waals surface area contributed by atoms with Gasteiger partial charge in [0, 0.05) is 6.42 Å². The molecular formula is C12H17NO3. The smallest absolute Gasteiger partial charge is 0.323 e. The lowest BCUT2D eigenvalue weighted by Crippen LogP contribution is -2.34. The Morgan fingerprint density at radius 1 is 1.44 bits per heavy atom. The van der Waals surface area contributed by atoms with E-state index in [0.29, 0.717) is 13.0 Å². The molecule has 0 bridgehead atoms. The molecule has 0 aliphatic carbocycles. The van der Waals surface area contributed by atoms with Crippen molar-refractivity contribution in [2.75, 3.05) is 13.7 Å². The summed E-state index contributed by atoms with van der Waals surface area (Å²) in [7, 11) is 1.59. The van der Waals surface area contributed by atoms with E-state index in [1.807, 2.05) is 24.3 Å². The van der Waals surface area contributed by atoms with Crippen molar-refractivity contribution in [3.8, 4) is 5.75 Å². The van der Waals surface area contributed by atoms with E-state index in [-0.39, 0.29) is 5.97 Å². The van der Waals surface area contributed by atoms with Crippen LogP contribution in [0.15, 0.2) is 24.3 Å². The molecule has 0 radical (unpaired) electrons. The summed E-state index contributed by atoms with van der Waals surface area (Å²) >= 11 is 0. The molecule has 0 aliphatic rings. The van der Waals surface area contributed by atoms with Crippen LogP contribution < -0.4 is 10.5 Å². The quantitative estimate of drug-likeness (QED) is 0.760. The van der Waals surface area contributed by atoms with Crippen LogP contribution in [0.25, 0.3) is 0 Å². The Hall–Kier alpha value is -1.55. The summed E-state index contributed by atoms with van der Waals surface area (Å²) in [5.41, 5.74) is 6.64. The second-order valence-electron chi connectivity index (χ2n) is 3.37. The Bertz CT molecular complexity index is 352. The Kier molecular flexibility index (Phi) is 4.79. The van der Waals surface area contributed by atoms with E-state index in [2.05, 4.69) is 0 Å². The Balaban J connectivity index is 2.68. The van der Waals surface area contributed by atoms with Crippen LogP contribution >= 0.6 is 0 Å². The van der Waals surface area contributed by atoms with Gasteiger partial charge in [0.2, 0.25) is 0 Å². The highest BCUT2D eigenvalue weighted by atomic mass is 16.5. The molecule has 1 rings (SSSR count). The van der Waals surface area contributed by atoms with Crippen LogP contribution in [0.1, 0.15) is 12.5 Å². The molecule has 2 N–H and O–H groups in total. The van der Waals surface area contributed by atoms with Gasteiger partial charge in [0.15, 0.2) is 0 Å². The topological polar surface area (TPSA) is 61.5 Å². The molecule has 0 spiro atoms. The molecular weight excluding hydrogens is 206 g/mol. The first-order valence-electron chi connectivity index (χ1n) is 5.23. The van der Waals surface area contributed by atoms with Crippen molar-refractivity contribution in [3.05, 3.63) is 29.8 Å². The maximum Gasteiger partial charge on any atom is 0.323 e. The molecule has 0 saturated heterocycles. The maximum atomic E-state index is 11.4. The lowest BCUT2D eigenvalue weighted by atomic mass is 10.1. The molecule has 4 heteroatoms. The minimum Gasteiger partial charge on any atom is -0.496 e. The number of nitrogens with two attached hydrogens (primary N) is 1. The standard InChI is InChI=1S/C12H17NO3/c1-3-16-12(14)10(13)8-9-6-4-5-7-11(9)15-2/h4-7,10H,3,8,13H2,1-2H3. The summed E-state index contributed by atoms with van der Waals surface area (Å²) in [5, 5.41) is 0. The van der Waals surface area contributed by atoms with Crippen LogP contribution in [0.2, 0.25) is 0 Å². The minimum absolute atomic E-state index is 0.346. The van der Waals surface area contributed by atoms with Gasteiger partial charge in [-0.3, -0.25) is 4.79 Å². The van der Waals surface area contributed by atoms with Crippen molar-refractivity contribution in [1.29, 1.82) is 0 Å². The van der Waals surface area contributed by atoms with Crippen LogP contribution in [0, 0.1) is 0 Å². The fourth-order valence-electron chi connectivity index (χ4n) is 1.44. The molecule has 1 atom stereocenters. The Morgan fingerprint density at radius 3 is 2.75 bits per heavy atom. The van der Waals surface area contributed by atoms with E-state index >= 15 is 0 Å². The zero-order valence-corrected chi connectivity index (χ0v) is 9.60. The van der Waals surface area contributed by atoms with Crippen molar-refractivity contribution in [2.24, 2.45) is 5.73 Å². The number of benzene rings is 1. The first-order valence-corrected chi connectivity index (χ1v) is 5.23. The van der Waals surface area contributed by atoms with Crippen LogP contribution in [0.5, 0.6) is 5.75 Å². The van der Waals surface area contributed by atoms with Gasteiger partial charge in [-0.05, 0) is 18.6 Å². The van der Waals surface area contributed by atoms with Gasteiger partial charge in [0.1, 0.15) is 11.8 Å². The molecule has 0 aromatic heterocycles. The van der Waals surface area contributed by atoms with E-state index in [9.17, 15) is 4.79 Å². The zero-order chi connectivity index (χ0) is 12.0. The predicted molar refractivity (Wildman–Crippen MR) is 61.3 cm³/mol. The van der Waals surface area contributed by atoms with Gasteiger partial charge in [0.25, 0.3) is 0 Å². The van der Waals surface area contributed by atoms with E-state index in [1.54, 1.807) is 14.0 Å². The lowest BCUT2D eigenvalue weighted by molar-refractivity contribution is -0.144. The molecule has 0 fully saturated rings. The number of hydrogen-bond acceptors (Lipinski definition) is 4. The van der Waals surface area contributed by atoms with Gasteiger partial charge < -0.3 is 15.2 Å². The van der Waals surface area contributed by atoms with Crippen molar-refractivity contribution >= 4 is 5.97 Å². The van der Waals surface area contributed by atoms with Crippen LogP contribution in [0.4, 0.5) is 0 Å². The zero-order valence-electron chi connectivity index (χ0n) is 9.60. The van der Waals surface area contributed by atoms with E-state index in [1.165, 1.54) is 0 Å². The number of esters is 1. The van der Waals surface area contributed by atoms with E-state index < -0.39 is 6.04 Å². The van der Waals surface area contributed by atoms with Gasteiger partial charge in [-0.15, -0.1) is 0 Å². The molecule has 4 nitrogen and oxygen atoms in total. The number of carbonyl (C=O) groups is 1. The van der Waals surface area contributed by atoms with Gasteiger partial charge in [-0.1, -0.05) is 18.2 Å². The monoisotopic (exact) mass is 223 g/mol. The average Bonchev–Trinajstić information content (AvgIpc) is 2.30. The van der Waals surface area contributed by atoms with Crippen LogP contribution in [-0.2, 0) is 16.0 Å². The van der Waals surface area contributed by atoms with Gasteiger partial charge in [0.05, 0.1) is 13.7 Å². The fourth-order valence-corrected chi connectivity index (χ4v) is 1.44. The molecule has 1 aromatic rings. The second-order valence-corrected chi connectivity index (χ2v) is 3.37. The van der Waals surface area contributed by atoms with Crippen molar-refractivity contribution < 1.29 is 14.3 Å². The highest BCUT2D eigenvalue weighted by Gasteiger charge is 2.16.